The van der Waals surface area contributed by atoms with Gasteiger partial charge in [0.2, 0.25) is 21.8 Å². The Hall–Kier alpha value is -3.38. The summed E-state index contributed by atoms with van der Waals surface area (Å²) >= 11 is 3.44. The molecule has 3 rings (SSSR count). The third-order valence-electron chi connectivity index (χ3n) is 6.56. The van der Waals surface area contributed by atoms with E-state index in [1.165, 1.54) is 11.0 Å². The first-order chi connectivity index (χ1) is 20.1. The Morgan fingerprint density at radius 2 is 1.58 bits per heavy atom. The quantitative estimate of drug-likeness (QED) is 0.234. The van der Waals surface area contributed by atoms with E-state index in [-0.39, 0.29) is 50.0 Å². The molecule has 0 saturated carbocycles. The minimum atomic E-state index is -4.65. The summed E-state index contributed by atoms with van der Waals surface area (Å²) < 4.78 is 66.7. The van der Waals surface area contributed by atoms with E-state index < -0.39 is 33.7 Å². The molecular weight excluding hydrogens is 647 g/mol. The van der Waals surface area contributed by atoms with Crippen LogP contribution < -0.4 is 9.62 Å². The molecule has 0 aliphatic heterocycles. The Balaban J connectivity index is 1.90. The van der Waals surface area contributed by atoms with Crippen molar-refractivity contribution in [2.24, 2.45) is 0 Å². The number of alkyl halides is 3. The number of sulfonamides is 1. The zero-order valence-corrected chi connectivity index (χ0v) is 26.5. The smallest absolute Gasteiger partial charge is 0.352 e. The van der Waals surface area contributed by atoms with Crippen molar-refractivity contribution in [3.63, 3.8) is 0 Å². The minimum absolute atomic E-state index is 0.0149. The average Bonchev–Trinajstić information content (AvgIpc) is 2.92. The van der Waals surface area contributed by atoms with E-state index in [0.717, 1.165) is 44.4 Å². The number of hydrogen-bond donors (Lipinski definition) is 1. The van der Waals surface area contributed by atoms with Gasteiger partial charge in [-0.2, -0.15) is 13.2 Å². The van der Waals surface area contributed by atoms with Crippen LogP contribution in [0.4, 0.5) is 18.9 Å². The van der Waals surface area contributed by atoms with Crippen LogP contribution in [0.3, 0.4) is 0 Å². The maximum absolute atomic E-state index is 13.8. The van der Waals surface area contributed by atoms with Crippen molar-refractivity contribution in [1.82, 2.24) is 10.2 Å². The first-order valence-corrected chi connectivity index (χ1v) is 16.3. The zero-order chi connectivity index (χ0) is 31.8. The van der Waals surface area contributed by atoms with E-state index in [4.69, 9.17) is 0 Å². The van der Waals surface area contributed by atoms with Crippen molar-refractivity contribution < 1.29 is 31.2 Å². The monoisotopic (exact) mass is 681 g/mol. The molecule has 43 heavy (non-hydrogen) atoms. The normalized spacial score (nSPS) is 12.6. The summed E-state index contributed by atoms with van der Waals surface area (Å²) in [6.07, 6.45) is -3.62. The van der Waals surface area contributed by atoms with Gasteiger partial charge >= 0.3 is 6.18 Å². The topological polar surface area (TPSA) is 86.8 Å². The number of anilines is 1. The molecule has 0 saturated heterocycles. The summed E-state index contributed by atoms with van der Waals surface area (Å²) in [6.45, 7) is 3.54. The second-order valence-electron chi connectivity index (χ2n) is 10.5. The van der Waals surface area contributed by atoms with Gasteiger partial charge in [0.25, 0.3) is 0 Å². The number of rotatable bonds is 13. The van der Waals surface area contributed by atoms with Crippen molar-refractivity contribution in [2.45, 2.75) is 57.9 Å². The predicted molar refractivity (Wildman–Crippen MR) is 165 cm³/mol. The summed E-state index contributed by atoms with van der Waals surface area (Å²) in [5.41, 5.74) is 0.509. The fourth-order valence-electron chi connectivity index (χ4n) is 4.61. The van der Waals surface area contributed by atoms with Crippen LogP contribution in [0.15, 0.2) is 83.3 Å². The molecule has 0 fully saturated rings. The van der Waals surface area contributed by atoms with Crippen LogP contribution >= 0.6 is 15.9 Å². The van der Waals surface area contributed by atoms with E-state index in [1.807, 2.05) is 68.4 Å². The van der Waals surface area contributed by atoms with Gasteiger partial charge in [0.05, 0.1) is 17.5 Å². The third kappa shape index (κ3) is 10.4. The first-order valence-electron chi connectivity index (χ1n) is 13.7. The molecule has 0 bridgehead atoms. The zero-order valence-electron chi connectivity index (χ0n) is 24.1. The van der Waals surface area contributed by atoms with Crippen LogP contribution in [-0.4, -0.2) is 50.0 Å². The van der Waals surface area contributed by atoms with Crippen LogP contribution in [0.25, 0.3) is 0 Å². The molecule has 0 aliphatic rings. The number of carbonyl (C=O) groups excluding carboxylic acids is 2. The molecule has 1 N–H and O–H groups in total. The molecule has 3 aromatic carbocycles. The van der Waals surface area contributed by atoms with Crippen molar-refractivity contribution >= 4 is 43.5 Å². The van der Waals surface area contributed by atoms with Crippen LogP contribution in [0.2, 0.25) is 0 Å². The molecule has 1 atom stereocenters. The maximum Gasteiger partial charge on any atom is 0.416 e. The first kappa shape index (κ1) is 34.1. The number of hydrogen-bond acceptors (Lipinski definition) is 4. The second-order valence-corrected chi connectivity index (χ2v) is 13.3. The Morgan fingerprint density at radius 1 is 0.930 bits per heavy atom. The van der Waals surface area contributed by atoms with E-state index >= 15 is 0 Å². The van der Waals surface area contributed by atoms with Crippen LogP contribution in [-0.2, 0) is 38.8 Å². The molecule has 2 amide bonds. The molecule has 0 heterocycles. The molecule has 232 valence electrons. The number of nitrogens with zero attached hydrogens (tertiary/aromatic N) is 2. The van der Waals surface area contributed by atoms with Crippen molar-refractivity contribution in [3.8, 4) is 0 Å². The number of benzene rings is 3. The summed E-state index contributed by atoms with van der Waals surface area (Å²) in [5.74, 6) is -0.721. The molecule has 0 aliphatic carbocycles. The number of amides is 2. The van der Waals surface area contributed by atoms with Gasteiger partial charge in [-0.15, -0.1) is 0 Å². The lowest BCUT2D eigenvalue weighted by atomic mass is 10.0. The van der Waals surface area contributed by atoms with Crippen molar-refractivity contribution in [3.05, 3.63) is 100 Å². The average molecular weight is 683 g/mol. The number of halogens is 4. The highest BCUT2D eigenvalue weighted by Crippen LogP contribution is 2.32. The number of nitrogens with one attached hydrogen (secondary N) is 1. The Kier molecular flexibility index (Phi) is 11.8. The fraction of sp³-hybridized carbons (Fsp3) is 0.355. The van der Waals surface area contributed by atoms with E-state index in [2.05, 4.69) is 21.2 Å². The van der Waals surface area contributed by atoms with Gasteiger partial charge in [0.15, 0.2) is 0 Å². The maximum atomic E-state index is 13.8. The third-order valence-corrected chi connectivity index (χ3v) is 8.24. The summed E-state index contributed by atoms with van der Waals surface area (Å²) in [6, 6.07) is 19.7. The minimum Gasteiger partial charge on any atom is -0.352 e. The lowest BCUT2D eigenvalue weighted by molar-refractivity contribution is -0.141. The molecule has 3 aromatic rings. The SMILES string of the molecule is CC(C)NC(=O)[C@@H](Cc1ccccc1)N(Cc1cccc(Br)c1)C(=O)CCCN(c1cccc(C(F)(F)F)c1)S(C)(=O)=O. The number of carbonyl (C=O) groups is 2. The highest BCUT2D eigenvalue weighted by atomic mass is 79.9. The van der Waals surface area contributed by atoms with Crippen LogP contribution in [0.1, 0.15) is 43.4 Å². The van der Waals surface area contributed by atoms with Gasteiger partial charge in [0.1, 0.15) is 6.04 Å². The molecular formula is C31H35BrF3N3O4S. The van der Waals surface area contributed by atoms with E-state index in [1.54, 1.807) is 0 Å². The lowest BCUT2D eigenvalue weighted by Crippen LogP contribution is -2.51. The second kappa shape index (κ2) is 14.9. The summed E-state index contributed by atoms with van der Waals surface area (Å²) in [4.78, 5) is 28.8. The van der Waals surface area contributed by atoms with Gasteiger partial charge in [-0.05, 0) is 61.7 Å². The van der Waals surface area contributed by atoms with Gasteiger partial charge < -0.3 is 10.2 Å². The Morgan fingerprint density at radius 3 is 2.19 bits per heavy atom. The van der Waals surface area contributed by atoms with Gasteiger partial charge in [-0.1, -0.05) is 64.5 Å². The molecule has 12 heteroatoms. The molecule has 0 spiro atoms. The van der Waals surface area contributed by atoms with Gasteiger partial charge in [-0.3, -0.25) is 13.9 Å². The molecule has 0 unspecified atom stereocenters. The van der Waals surface area contributed by atoms with E-state index in [0.29, 0.717) is 0 Å². The Bertz CT molecular complexity index is 1500. The highest BCUT2D eigenvalue weighted by molar-refractivity contribution is 9.10. The van der Waals surface area contributed by atoms with Crippen molar-refractivity contribution in [2.75, 3.05) is 17.1 Å². The lowest BCUT2D eigenvalue weighted by Gasteiger charge is -2.32. The van der Waals surface area contributed by atoms with Crippen LogP contribution in [0.5, 0.6) is 0 Å². The standard InChI is InChI=1S/C31H35BrF3N3O4S/c1-22(2)36-30(40)28(19-23-10-5-4-6-11-23)37(21-24-12-7-14-26(32)18-24)29(39)16-9-17-38(43(3,41)42)27-15-8-13-25(20-27)31(33,34)35/h4-8,10-15,18,20,22,28H,9,16-17,19,21H2,1-3H3,(H,36,40)/t28-/m1/s1. The van der Waals surface area contributed by atoms with E-state index in [9.17, 15) is 31.2 Å². The van der Waals surface area contributed by atoms with Crippen LogP contribution in [0, 0.1) is 0 Å². The Labute approximate surface area is 259 Å². The molecule has 7 nitrogen and oxygen atoms in total. The van der Waals surface area contributed by atoms with Crippen molar-refractivity contribution in [1.29, 1.82) is 0 Å². The largest absolute Gasteiger partial charge is 0.416 e. The molecule has 0 radical (unpaired) electrons. The summed E-state index contributed by atoms with van der Waals surface area (Å²) in [7, 11) is -3.96. The summed E-state index contributed by atoms with van der Waals surface area (Å²) in [5, 5.41) is 2.91. The molecule has 0 aromatic heterocycles. The van der Waals surface area contributed by atoms with Gasteiger partial charge in [0, 0.05) is 36.4 Å². The predicted octanol–water partition coefficient (Wildman–Crippen LogP) is 6.18. The highest BCUT2D eigenvalue weighted by Gasteiger charge is 2.33. The van der Waals surface area contributed by atoms with Gasteiger partial charge in [-0.25, -0.2) is 8.42 Å². The fourth-order valence-corrected chi connectivity index (χ4v) is 6.01.